The molecule has 6 heteroatoms. The molecule has 80 valence electrons. The van der Waals surface area contributed by atoms with E-state index in [0.29, 0.717) is 0 Å². The summed E-state index contributed by atoms with van der Waals surface area (Å²) in [5, 5.41) is 14.5. The fourth-order valence-electron chi connectivity index (χ4n) is 0. The second-order valence-electron chi connectivity index (χ2n) is 1.39. The molecule has 0 rings (SSSR count). The van der Waals surface area contributed by atoms with Crippen molar-refractivity contribution >= 4 is 29.6 Å². The Morgan fingerprint density at radius 2 is 1.54 bits per heavy atom. The van der Waals surface area contributed by atoms with Crippen molar-refractivity contribution in [2.45, 2.75) is 6.92 Å². The lowest BCUT2D eigenvalue weighted by molar-refractivity contribution is -0.115. The van der Waals surface area contributed by atoms with Crippen LogP contribution in [0, 0.1) is 11.3 Å². The SMILES string of the molecule is CC#N.CN(C)C=O.CO.ClCCl. The highest BCUT2D eigenvalue weighted by Gasteiger charge is 1.68. The molecule has 0 atom stereocenters. The lowest BCUT2D eigenvalue weighted by atomic mass is 11.0. The highest BCUT2D eigenvalue weighted by Crippen LogP contribution is 1.73. The number of carbonyl (C=O) groups is 1. The topological polar surface area (TPSA) is 64.3 Å². The molecule has 0 aliphatic rings. The van der Waals surface area contributed by atoms with E-state index in [0.717, 1.165) is 13.5 Å². The van der Waals surface area contributed by atoms with Gasteiger partial charge in [0.1, 0.15) is 0 Å². The summed E-state index contributed by atoms with van der Waals surface area (Å²) in [5.74, 6) is 0. The molecule has 0 fully saturated rings. The minimum absolute atomic E-state index is 0.194. The molecule has 0 radical (unpaired) electrons. The zero-order chi connectivity index (χ0) is 11.7. The molecule has 0 spiro atoms. The maximum atomic E-state index is 9.43. The first kappa shape index (κ1) is 22.9. The largest absolute Gasteiger partial charge is 0.400 e. The van der Waals surface area contributed by atoms with Crippen LogP contribution in [0.5, 0.6) is 0 Å². The smallest absolute Gasteiger partial charge is 0.209 e. The van der Waals surface area contributed by atoms with E-state index in [4.69, 9.17) is 33.6 Å². The molecule has 0 saturated carbocycles. The van der Waals surface area contributed by atoms with Gasteiger partial charge in [0.05, 0.1) is 11.4 Å². The van der Waals surface area contributed by atoms with Gasteiger partial charge in [0.15, 0.2) is 0 Å². The van der Waals surface area contributed by atoms with Crippen molar-refractivity contribution in [3.8, 4) is 6.07 Å². The summed E-state index contributed by atoms with van der Waals surface area (Å²) in [5.41, 5.74) is 0. The van der Waals surface area contributed by atoms with Gasteiger partial charge in [-0.1, -0.05) is 0 Å². The number of halogens is 2. The summed E-state index contributed by atoms with van der Waals surface area (Å²) in [6, 6.07) is 1.75. The summed E-state index contributed by atoms with van der Waals surface area (Å²) >= 11 is 9.53. The molecule has 13 heavy (non-hydrogen) atoms. The number of alkyl halides is 2. The summed E-state index contributed by atoms with van der Waals surface area (Å²) in [6.07, 6.45) is 0.750. The number of nitriles is 1. The van der Waals surface area contributed by atoms with Gasteiger partial charge in [-0.2, -0.15) is 5.26 Å². The first-order valence-corrected chi connectivity index (χ1v) is 4.16. The predicted octanol–water partition coefficient (Wildman–Crippen LogP) is 1.26. The number of nitrogens with zero attached hydrogens (tertiary/aromatic N) is 2. The number of aliphatic hydroxyl groups is 1. The van der Waals surface area contributed by atoms with Crippen LogP contribution in [0.2, 0.25) is 0 Å². The third-order valence-electron chi connectivity index (χ3n) is 0.211. The molecule has 1 amide bonds. The average Bonchev–Trinajstić information content (AvgIpc) is 2.11. The number of rotatable bonds is 1. The number of hydrogen-bond donors (Lipinski definition) is 1. The Morgan fingerprint density at radius 3 is 1.54 bits per heavy atom. The van der Waals surface area contributed by atoms with Crippen molar-refractivity contribution in [3.63, 3.8) is 0 Å². The first-order chi connectivity index (χ1) is 6.10. The van der Waals surface area contributed by atoms with E-state index < -0.39 is 0 Å². The van der Waals surface area contributed by atoms with E-state index in [1.165, 1.54) is 11.8 Å². The quantitative estimate of drug-likeness (QED) is 0.545. The Hall–Kier alpha value is -0.500. The average molecular weight is 231 g/mol. The summed E-state index contributed by atoms with van der Waals surface area (Å²) in [4.78, 5) is 10.9. The second kappa shape index (κ2) is 41.9. The molecule has 0 unspecified atom stereocenters. The highest BCUT2D eigenvalue weighted by atomic mass is 35.5. The molecule has 0 aliphatic carbocycles. The van der Waals surface area contributed by atoms with Crippen LogP contribution >= 0.6 is 23.2 Å². The van der Waals surface area contributed by atoms with E-state index >= 15 is 0 Å². The Balaban J connectivity index is -0.0000000446. The van der Waals surface area contributed by atoms with E-state index in [1.54, 1.807) is 20.2 Å². The summed E-state index contributed by atoms with van der Waals surface area (Å²) < 4.78 is 0. The van der Waals surface area contributed by atoms with Gasteiger partial charge < -0.3 is 10.0 Å². The van der Waals surface area contributed by atoms with E-state index in [9.17, 15) is 4.79 Å². The van der Waals surface area contributed by atoms with Gasteiger partial charge in [-0.05, 0) is 0 Å². The molecular formula is C7H16Cl2N2O2. The fourth-order valence-corrected chi connectivity index (χ4v) is 0. The van der Waals surface area contributed by atoms with Gasteiger partial charge >= 0.3 is 0 Å². The monoisotopic (exact) mass is 230 g/mol. The van der Waals surface area contributed by atoms with Gasteiger partial charge in [-0.15, -0.1) is 23.2 Å². The van der Waals surface area contributed by atoms with E-state index in [1.807, 2.05) is 0 Å². The van der Waals surface area contributed by atoms with Crippen LogP contribution < -0.4 is 0 Å². The van der Waals surface area contributed by atoms with Crippen LogP contribution in [0.4, 0.5) is 0 Å². The van der Waals surface area contributed by atoms with Crippen molar-refractivity contribution in [3.05, 3.63) is 0 Å². The van der Waals surface area contributed by atoms with Gasteiger partial charge in [0, 0.05) is 28.1 Å². The number of amides is 1. The van der Waals surface area contributed by atoms with E-state index in [-0.39, 0.29) is 5.34 Å². The molecule has 0 heterocycles. The van der Waals surface area contributed by atoms with Gasteiger partial charge in [0.2, 0.25) is 6.41 Å². The lowest BCUT2D eigenvalue weighted by Crippen LogP contribution is -2.06. The van der Waals surface area contributed by atoms with Gasteiger partial charge in [-0.3, -0.25) is 4.79 Å². The van der Waals surface area contributed by atoms with Crippen molar-refractivity contribution in [2.75, 3.05) is 26.5 Å². The normalized spacial score (nSPS) is 5.08. The third kappa shape index (κ3) is 461. The first-order valence-electron chi connectivity index (χ1n) is 3.09. The van der Waals surface area contributed by atoms with Crippen molar-refractivity contribution in [2.24, 2.45) is 0 Å². The Morgan fingerprint density at radius 1 is 1.46 bits per heavy atom. The van der Waals surface area contributed by atoms with Crippen LogP contribution in [-0.2, 0) is 4.79 Å². The van der Waals surface area contributed by atoms with Crippen LogP contribution in [0.25, 0.3) is 0 Å². The van der Waals surface area contributed by atoms with E-state index in [2.05, 4.69) is 0 Å². The van der Waals surface area contributed by atoms with Gasteiger partial charge in [-0.25, -0.2) is 0 Å². The van der Waals surface area contributed by atoms with Crippen LogP contribution in [-0.4, -0.2) is 43.0 Å². The fraction of sp³-hybridized carbons (Fsp3) is 0.714. The van der Waals surface area contributed by atoms with Crippen LogP contribution in [0.3, 0.4) is 0 Å². The minimum Gasteiger partial charge on any atom is -0.400 e. The molecule has 0 aliphatic heterocycles. The molecule has 0 saturated heterocycles. The molecular weight excluding hydrogens is 215 g/mol. The number of hydrogen-bond acceptors (Lipinski definition) is 3. The lowest BCUT2D eigenvalue weighted by Gasteiger charge is -1.93. The zero-order valence-corrected chi connectivity index (χ0v) is 9.80. The Labute approximate surface area is 89.7 Å². The highest BCUT2D eigenvalue weighted by molar-refractivity contribution is 6.40. The maximum absolute atomic E-state index is 9.43. The summed E-state index contributed by atoms with van der Waals surface area (Å²) in [7, 11) is 4.38. The molecule has 0 aromatic rings. The third-order valence-corrected chi connectivity index (χ3v) is 0.211. The molecule has 1 N–H and O–H groups in total. The number of aliphatic hydroxyl groups excluding tert-OH is 1. The molecule has 0 aromatic carbocycles. The van der Waals surface area contributed by atoms with Crippen LogP contribution in [0.1, 0.15) is 6.92 Å². The standard InChI is InChI=1S/C3H7NO.C2H3N.CH2Cl2.CH4O/c1-4(2)3-5;1-2-3;2-1-3;1-2/h3H,1-2H3;1H3;1H2;2H,1H3. The molecule has 0 bridgehead atoms. The predicted molar refractivity (Wildman–Crippen MR) is 55.8 cm³/mol. The minimum atomic E-state index is 0.194. The van der Waals surface area contributed by atoms with Crippen molar-refractivity contribution in [1.82, 2.24) is 4.90 Å². The molecule has 4 nitrogen and oxygen atoms in total. The Kier molecular flexibility index (Phi) is 73.8. The van der Waals surface area contributed by atoms with Gasteiger partial charge in [0.25, 0.3) is 0 Å². The second-order valence-corrected chi connectivity index (χ2v) is 2.20. The van der Waals surface area contributed by atoms with Crippen molar-refractivity contribution < 1.29 is 9.90 Å². The Bertz CT molecular complexity index is 105. The van der Waals surface area contributed by atoms with Crippen molar-refractivity contribution in [1.29, 1.82) is 5.26 Å². The number of carbonyl (C=O) groups excluding carboxylic acids is 1. The maximum Gasteiger partial charge on any atom is 0.209 e. The zero-order valence-electron chi connectivity index (χ0n) is 8.29. The molecule has 0 aromatic heterocycles. The van der Waals surface area contributed by atoms with Crippen LogP contribution in [0.15, 0.2) is 0 Å². The summed E-state index contributed by atoms with van der Waals surface area (Å²) in [6.45, 7) is 1.43.